The highest BCUT2D eigenvalue weighted by molar-refractivity contribution is 7.90. The number of nitrogens with zero attached hydrogens (tertiary/aromatic N) is 6. The average molecular weight is 1100 g/mol. The van der Waals surface area contributed by atoms with Crippen LogP contribution >= 0.6 is 0 Å². The normalized spacial score (nSPS) is 21.5. The number of amides is 1. The number of piperidine rings is 1. The summed E-state index contributed by atoms with van der Waals surface area (Å²) in [4.78, 5) is 43.8. The Morgan fingerprint density at radius 2 is 1.76 bits per heavy atom. The number of pyridine rings is 2. The number of aromatic nitrogens is 3. The number of hydrogen-bond acceptors (Lipinski definition) is 16. The van der Waals surface area contributed by atoms with Crippen LogP contribution in [-0.4, -0.2) is 121 Å². The van der Waals surface area contributed by atoms with E-state index in [0.29, 0.717) is 49.9 Å². The van der Waals surface area contributed by atoms with E-state index in [2.05, 4.69) is 89.9 Å². The van der Waals surface area contributed by atoms with Gasteiger partial charge in [-0.15, -0.1) is 0 Å². The number of furan rings is 1. The molecule has 4 N–H and O–H groups in total. The lowest BCUT2D eigenvalue weighted by Crippen LogP contribution is -2.74. The van der Waals surface area contributed by atoms with E-state index in [-0.39, 0.29) is 57.0 Å². The summed E-state index contributed by atoms with van der Waals surface area (Å²) in [5.74, 6) is 0.391. The molecule has 19 nitrogen and oxygen atoms in total. The third-order valence-electron chi connectivity index (χ3n) is 16.6. The van der Waals surface area contributed by atoms with Gasteiger partial charge in [0.25, 0.3) is 21.8 Å². The highest BCUT2D eigenvalue weighted by Gasteiger charge is 2.55. The zero-order valence-corrected chi connectivity index (χ0v) is 46.0. The molecule has 1 amide bonds. The molecular weight excluding hydrogens is 1030 g/mol. The quantitative estimate of drug-likeness (QED) is 0.0491. The topological polar surface area (TPSA) is 231 Å². The number of sulfonamides is 1. The fraction of sp³-hybridized carbons (Fsp3) is 0.431. The second kappa shape index (κ2) is 21.0. The lowest BCUT2D eigenvalue weighted by molar-refractivity contribution is -0.384. The van der Waals surface area contributed by atoms with Gasteiger partial charge in [-0.2, -0.15) is 4.98 Å². The Bertz CT molecular complexity index is 3580. The van der Waals surface area contributed by atoms with Gasteiger partial charge >= 0.3 is 5.69 Å². The summed E-state index contributed by atoms with van der Waals surface area (Å²) in [5, 5.41) is 26.8. The molecule has 4 aromatic heterocycles. The standard InChI is InChI=1S/C58H66FN9O10S/c1-34(2)40-9-7-8-10-41(40)45-29-65(28-37-11-14-49(75-5)52-43(37)21-35(3)77-52)20-17-47(45)67-32-58(33-67)30-66(31-58)38-12-13-42(50(22-38)78-51-24-44-46(59)27-62-53(44)63-56(51)76-6)55(69)64-79(73,74)39-23-48(68(71)72)54(61-26-39)60-25-36-15-18-57(4,70)19-16-36/h7-14,21-24,26-27,34,36,45,47,70H,15-20,25,28-33H2,1-6H3,(H,60,61)(H,62,63)(H,64,69)/t36?,45-,47?,57?/m0/s1. The van der Waals surface area contributed by atoms with Crippen LogP contribution in [0.3, 0.4) is 0 Å². The number of methoxy groups -OCH3 is 2. The molecule has 1 spiro atoms. The van der Waals surface area contributed by atoms with Gasteiger partial charge in [0.15, 0.2) is 17.1 Å². The van der Waals surface area contributed by atoms with Crippen molar-refractivity contribution in [2.24, 2.45) is 11.3 Å². The molecule has 416 valence electrons. The van der Waals surface area contributed by atoms with Gasteiger partial charge in [-0.3, -0.25) is 24.7 Å². The third-order valence-corrected chi connectivity index (χ3v) is 17.9. The number of H-pyrrole nitrogens is 1. The summed E-state index contributed by atoms with van der Waals surface area (Å²) >= 11 is 0. The van der Waals surface area contributed by atoms with Crippen molar-refractivity contribution in [2.45, 2.75) is 94.7 Å². The largest absolute Gasteiger partial charge is 0.493 e. The Morgan fingerprint density at radius 3 is 2.49 bits per heavy atom. The van der Waals surface area contributed by atoms with E-state index in [4.69, 9.17) is 18.6 Å². The second-order valence-corrected chi connectivity index (χ2v) is 24.3. The number of fused-ring (bicyclic) bond motifs is 2. The molecule has 2 atom stereocenters. The monoisotopic (exact) mass is 1100 g/mol. The minimum atomic E-state index is -4.75. The zero-order valence-electron chi connectivity index (χ0n) is 45.2. The third kappa shape index (κ3) is 10.7. The summed E-state index contributed by atoms with van der Waals surface area (Å²) in [7, 11) is -1.72. The van der Waals surface area contributed by atoms with E-state index in [1.54, 1.807) is 26.2 Å². The van der Waals surface area contributed by atoms with Crippen molar-refractivity contribution in [2.75, 3.05) is 70.2 Å². The Hall–Kier alpha value is -7.33. The number of anilines is 2. The lowest BCUT2D eigenvalue weighted by Gasteiger charge is -2.64. The van der Waals surface area contributed by atoms with Crippen molar-refractivity contribution in [1.29, 1.82) is 0 Å². The predicted octanol–water partition coefficient (Wildman–Crippen LogP) is 9.64. The minimum absolute atomic E-state index is 0.0157. The number of hydrogen-bond donors (Lipinski definition) is 4. The summed E-state index contributed by atoms with van der Waals surface area (Å²) in [5.41, 5.74) is 4.13. The van der Waals surface area contributed by atoms with E-state index in [9.17, 15) is 32.8 Å². The maximum Gasteiger partial charge on any atom is 0.312 e. The van der Waals surface area contributed by atoms with Gasteiger partial charge in [0, 0.05) is 105 Å². The van der Waals surface area contributed by atoms with Gasteiger partial charge in [0.05, 0.1) is 41.9 Å². The number of ether oxygens (including phenoxy) is 3. The Morgan fingerprint density at radius 1 is 0.987 bits per heavy atom. The number of aryl methyl sites for hydroxylation is 1. The van der Waals surface area contributed by atoms with E-state index in [1.165, 1.54) is 35.9 Å². The van der Waals surface area contributed by atoms with Crippen LogP contribution in [0.5, 0.6) is 23.1 Å². The minimum Gasteiger partial charge on any atom is -0.493 e. The van der Waals surface area contributed by atoms with Gasteiger partial charge in [0.2, 0.25) is 5.82 Å². The first-order chi connectivity index (χ1) is 37.8. The number of carbonyl (C=O) groups is 1. The first kappa shape index (κ1) is 53.7. The summed E-state index contributed by atoms with van der Waals surface area (Å²) < 4.78 is 68.4. The maximum atomic E-state index is 14.9. The van der Waals surface area contributed by atoms with Crippen molar-refractivity contribution in [1.82, 2.24) is 29.5 Å². The molecule has 79 heavy (non-hydrogen) atoms. The van der Waals surface area contributed by atoms with Crippen LogP contribution in [0.1, 0.15) is 97.5 Å². The van der Waals surface area contributed by atoms with Crippen molar-refractivity contribution < 1.29 is 46.3 Å². The van der Waals surface area contributed by atoms with Crippen LogP contribution in [0.25, 0.3) is 22.0 Å². The lowest BCUT2D eigenvalue weighted by atomic mass is 9.69. The Labute approximate surface area is 457 Å². The van der Waals surface area contributed by atoms with Crippen LogP contribution in [0.15, 0.2) is 94.5 Å². The number of nitrogens with one attached hydrogen (secondary N) is 3. The van der Waals surface area contributed by atoms with Crippen molar-refractivity contribution >= 4 is 55.1 Å². The molecule has 11 rings (SSSR count). The van der Waals surface area contributed by atoms with E-state index >= 15 is 0 Å². The van der Waals surface area contributed by atoms with E-state index in [0.717, 1.165) is 93.2 Å². The molecule has 1 unspecified atom stereocenters. The number of rotatable bonds is 17. The van der Waals surface area contributed by atoms with E-state index in [1.807, 2.05) is 13.0 Å². The molecule has 1 saturated carbocycles. The molecule has 0 radical (unpaired) electrons. The Kier molecular flexibility index (Phi) is 14.3. The van der Waals surface area contributed by atoms with Crippen LogP contribution < -0.4 is 29.1 Å². The molecular formula is C58H66FN9O10S. The Balaban J connectivity index is 0.816. The first-order valence-corrected chi connectivity index (χ1v) is 28.4. The molecule has 4 fully saturated rings. The van der Waals surface area contributed by atoms with Crippen LogP contribution in [0, 0.1) is 34.2 Å². The molecule has 3 aromatic carbocycles. The number of halogens is 1. The molecule has 7 aromatic rings. The van der Waals surface area contributed by atoms with Crippen molar-refractivity contribution in [3.8, 4) is 23.1 Å². The summed E-state index contributed by atoms with van der Waals surface area (Å²) in [6, 6.07) is 22.5. The average Bonchev–Trinajstić information content (AvgIpc) is 4.18. The first-order valence-electron chi connectivity index (χ1n) is 26.9. The number of nitro groups is 1. The van der Waals surface area contributed by atoms with Gasteiger partial charge < -0.3 is 38.9 Å². The zero-order chi connectivity index (χ0) is 55.5. The highest BCUT2D eigenvalue weighted by Crippen LogP contribution is 2.48. The van der Waals surface area contributed by atoms with Gasteiger partial charge in [-0.05, 0) is 98.7 Å². The van der Waals surface area contributed by atoms with E-state index < -0.39 is 42.9 Å². The molecule has 3 saturated heterocycles. The number of aromatic amines is 1. The van der Waals surface area contributed by atoms with Crippen molar-refractivity contribution in [3.63, 3.8) is 0 Å². The fourth-order valence-electron chi connectivity index (χ4n) is 12.4. The van der Waals surface area contributed by atoms with Crippen LogP contribution in [-0.2, 0) is 16.6 Å². The molecule has 21 heteroatoms. The number of likely N-dealkylation sites (tertiary alicyclic amines) is 2. The number of aliphatic hydroxyl groups is 1. The van der Waals surface area contributed by atoms with Gasteiger partial charge in [-0.1, -0.05) is 44.2 Å². The molecule has 7 heterocycles. The number of carbonyl (C=O) groups excluding carboxylic acids is 1. The molecule has 3 aliphatic heterocycles. The summed E-state index contributed by atoms with van der Waals surface area (Å²) in [6.45, 7) is 14.5. The summed E-state index contributed by atoms with van der Waals surface area (Å²) in [6.07, 6.45) is 5.69. The fourth-order valence-corrected chi connectivity index (χ4v) is 13.3. The number of benzene rings is 3. The molecule has 1 aliphatic carbocycles. The van der Waals surface area contributed by atoms with Gasteiger partial charge in [-0.25, -0.2) is 22.5 Å². The van der Waals surface area contributed by atoms with Crippen LogP contribution in [0.4, 0.5) is 21.6 Å². The SMILES string of the molecule is COc1nc2[nH]cc(F)c2cc1Oc1cc(N2CC3(C2)CN(C2CCN(Cc4ccc(OC)c5oc(C)cc45)C[C@H]2c2ccccc2C(C)C)C3)ccc1C(=O)NS(=O)(=O)c1cnc(NCC2CCC(C)(O)CC2)c([N+](=O)[O-])c1. The van der Waals surface area contributed by atoms with Crippen LogP contribution in [0.2, 0.25) is 0 Å². The second-order valence-electron chi connectivity index (χ2n) is 22.6. The molecule has 4 aliphatic rings. The highest BCUT2D eigenvalue weighted by atomic mass is 32.2. The van der Waals surface area contributed by atoms with Crippen molar-refractivity contribution in [3.05, 3.63) is 129 Å². The van der Waals surface area contributed by atoms with Gasteiger partial charge in [0.1, 0.15) is 27.9 Å². The smallest absolute Gasteiger partial charge is 0.312 e. The predicted molar refractivity (Wildman–Crippen MR) is 296 cm³/mol. The maximum absolute atomic E-state index is 14.9. The molecule has 0 bridgehead atoms.